The van der Waals surface area contributed by atoms with Gasteiger partial charge in [0, 0.05) is 4.88 Å². The molecule has 0 radical (unpaired) electrons. The Balaban J connectivity index is 1.95. The maximum Gasteiger partial charge on any atom is 0.298 e. The van der Waals surface area contributed by atoms with Crippen molar-refractivity contribution in [3.63, 3.8) is 0 Å². The zero-order valence-corrected chi connectivity index (χ0v) is 13.5. The molecule has 0 unspecified atom stereocenters. The molecule has 21 heavy (non-hydrogen) atoms. The molecular weight excluding hydrogens is 349 g/mol. The maximum absolute atomic E-state index is 12.4. The fourth-order valence-corrected chi connectivity index (χ4v) is 3.67. The van der Waals surface area contributed by atoms with E-state index in [1.165, 1.54) is 17.4 Å². The number of carbonyl (C=O) groups is 2. The fraction of sp³-hybridized carbons (Fsp3) is 0. The highest BCUT2D eigenvalue weighted by atomic mass is 35.5. The fourth-order valence-electron chi connectivity index (χ4n) is 1.82. The Labute approximate surface area is 139 Å². The summed E-state index contributed by atoms with van der Waals surface area (Å²) < 4.78 is 0. The highest BCUT2D eigenvalue weighted by molar-refractivity contribution is 8.19. The van der Waals surface area contributed by atoms with Crippen LogP contribution < -0.4 is 4.90 Å². The van der Waals surface area contributed by atoms with Gasteiger partial charge in [-0.2, -0.15) is 0 Å². The van der Waals surface area contributed by atoms with Crippen LogP contribution in [0.15, 0.2) is 40.6 Å². The second kappa shape index (κ2) is 5.85. The van der Waals surface area contributed by atoms with E-state index in [1.807, 2.05) is 17.5 Å². The third-order valence-electron chi connectivity index (χ3n) is 2.77. The molecular formula is C14H7Cl2NO2S2. The van der Waals surface area contributed by atoms with Crippen molar-refractivity contribution in [2.75, 3.05) is 4.90 Å². The topological polar surface area (TPSA) is 37.4 Å². The molecule has 1 aliphatic heterocycles. The lowest BCUT2D eigenvalue weighted by Gasteiger charge is -2.12. The van der Waals surface area contributed by atoms with E-state index in [0.29, 0.717) is 20.6 Å². The summed E-state index contributed by atoms with van der Waals surface area (Å²) >= 11 is 14.2. The van der Waals surface area contributed by atoms with E-state index in [-0.39, 0.29) is 11.1 Å². The van der Waals surface area contributed by atoms with Gasteiger partial charge in [0.2, 0.25) is 0 Å². The lowest BCUT2D eigenvalue weighted by atomic mass is 10.3. The maximum atomic E-state index is 12.4. The minimum atomic E-state index is -0.350. The summed E-state index contributed by atoms with van der Waals surface area (Å²) in [5, 5.41) is 2.24. The van der Waals surface area contributed by atoms with Crippen LogP contribution in [0.25, 0.3) is 6.08 Å². The average molecular weight is 356 g/mol. The van der Waals surface area contributed by atoms with Crippen LogP contribution in [0.5, 0.6) is 0 Å². The van der Waals surface area contributed by atoms with Crippen LogP contribution in [0.4, 0.5) is 10.5 Å². The van der Waals surface area contributed by atoms with E-state index in [0.717, 1.165) is 21.5 Å². The highest BCUT2D eigenvalue weighted by Crippen LogP contribution is 2.37. The Morgan fingerprint density at radius 3 is 2.57 bits per heavy atom. The van der Waals surface area contributed by atoms with Crippen molar-refractivity contribution in [1.29, 1.82) is 0 Å². The molecule has 0 aliphatic carbocycles. The molecule has 0 spiro atoms. The molecule has 0 saturated carbocycles. The van der Waals surface area contributed by atoms with Crippen LogP contribution in [-0.4, -0.2) is 11.1 Å². The summed E-state index contributed by atoms with van der Waals surface area (Å²) in [7, 11) is 0. The molecule has 0 atom stereocenters. The molecule has 0 N–H and O–H groups in total. The van der Waals surface area contributed by atoms with E-state index in [4.69, 9.17) is 23.2 Å². The molecule has 1 aromatic carbocycles. The molecule has 1 aromatic heterocycles. The number of halogens is 2. The number of hydrogen-bond acceptors (Lipinski definition) is 4. The van der Waals surface area contributed by atoms with Crippen molar-refractivity contribution in [3.05, 3.63) is 55.5 Å². The zero-order chi connectivity index (χ0) is 15.0. The smallest absolute Gasteiger partial charge is 0.268 e. The number of anilines is 1. The van der Waals surface area contributed by atoms with E-state index in [2.05, 4.69) is 0 Å². The molecule has 0 bridgehead atoms. The van der Waals surface area contributed by atoms with Crippen LogP contribution in [0.3, 0.4) is 0 Å². The summed E-state index contributed by atoms with van der Waals surface area (Å²) in [6.07, 6.45) is 1.72. The highest BCUT2D eigenvalue weighted by Gasteiger charge is 2.36. The van der Waals surface area contributed by atoms with Crippen LogP contribution in [0.1, 0.15) is 4.88 Å². The number of nitrogens with zero attached hydrogens (tertiary/aromatic N) is 1. The summed E-state index contributed by atoms with van der Waals surface area (Å²) in [4.78, 5) is 26.9. The molecule has 7 heteroatoms. The van der Waals surface area contributed by atoms with Crippen molar-refractivity contribution in [3.8, 4) is 0 Å². The number of thiophene rings is 1. The lowest BCUT2D eigenvalue weighted by Crippen LogP contribution is -2.27. The molecule has 3 rings (SSSR count). The van der Waals surface area contributed by atoms with Gasteiger partial charge in [0.15, 0.2) is 0 Å². The van der Waals surface area contributed by atoms with Gasteiger partial charge in [-0.05, 0) is 47.5 Å². The SMILES string of the molecule is O=C1S/C(=C/c2cccs2)C(=O)N1c1ccc(Cl)c(Cl)c1. The van der Waals surface area contributed by atoms with Gasteiger partial charge < -0.3 is 0 Å². The van der Waals surface area contributed by atoms with E-state index in [9.17, 15) is 9.59 Å². The van der Waals surface area contributed by atoms with E-state index >= 15 is 0 Å². The van der Waals surface area contributed by atoms with Crippen LogP contribution in [0.2, 0.25) is 10.0 Å². The van der Waals surface area contributed by atoms with Gasteiger partial charge >= 0.3 is 0 Å². The van der Waals surface area contributed by atoms with Gasteiger partial charge in [0.05, 0.1) is 20.6 Å². The summed E-state index contributed by atoms with van der Waals surface area (Å²) in [5.74, 6) is -0.350. The second-order valence-electron chi connectivity index (χ2n) is 4.13. The molecule has 1 saturated heterocycles. The van der Waals surface area contributed by atoms with Crippen LogP contribution in [0, 0.1) is 0 Å². The predicted molar refractivity (Wildman–Crippen MR) is 89.2 cm³/mol. The van der Waals surface area contributed by atoms with Crippen LogP contribution >= 0.6 is 46.3 Å². The first kappa shape index (κ1) is 14.7. The Morgan fingerprint density at radius 1 is 1.10 bits per heavy atom. The zero-order valence-electron chi connectivity index (χ0n) is 10.4. The molecule has 106 valence electrons. The van der Waals surface area contributed by atoms with Gasteiger partial charge in [0.1, 0.15) is 0 Å². The second-order valence-corrected chi connectivity index (χ2v) is 6.92. The molecule has 2 amide bonds. The van der Waals surface area contributed by atoms with Crippen molar-refractivity contribution in [1.82, 2.24) is 0 Å². The Kier molecular flexibility index (Phi) is 4.08. The van der Waals surface area contributed by atoms with Gasteiger partial charge in [-0.1, -0.05) is 29.3 Å². The number of rotatable bonds is 2. The summed E-state index contributed by atoms with van der Waals surface area (Å²) in [6, 6.07) is 8.44. The minimum Gasteiger partial charge on any atom is -0.268 e. The van der Waals surface area contributed by atoms with E-state index in [1.54, 1.807) is 18.2 Å². The largest absolute Gasteiger partial charge is 0.298 e. The normalized spacial score (nSPS) is 17.0. The quantitative estimate of drug-likeness (QED) is 0.686. The van der Waals surface area contributed by atoms with Crippen molar-refractivity contribution in [2.24, 2.45) is 0 Å². The Bertz CT molecular complexity index is 756. The number of thioether (sulfide) groups is 1. The van der Waals surface area contributed by atoms with Crippen molar-refractivity contribution in [2.45, 2.75) is 0 Å². The first-order valence-electron chi connectivity index (χ1n) is 5.83. The summed E-state index contributed by atoms with van der Waals surface area (Å²) in [5.41, 5.74) is 0.418. The monoisotopic (exact) mass is 355 g/mol. The third-order valence-corrected chi connectivity index (χ3v) is 5.20. The Morgan fingerprint density at radius 2 is 1.90 bits per heavy atom. The number of amides is 2. The van der Waals surface area contributed by atoms with Gasteiger partial charge in [-0.25, -0.2) is 4.90 Å². The molecule has 3 nitrogen and oxygen atoms in total. The van der Waals surface area contributed by atoms with Gasteiger partial charge in [-0.3, -0.25) is 9.59 Å². The number of imide groups is 1. The number of hydrogen-bond donors (Lipinski definition) is 0. The van der Waals surface area contributed by atoms with Gasteiger partial charge in [-0.15, -0.1) is 11.3 Å². The lowest BCUT2D eigenvalue weighted by molar-refractivity contribution is -0.113. The number of benzene rings is 1. The first-order chi connectivity index (χ1) is 10.1. The van der Waals surface area contributed by atoms with Gasteiger partial charge in [0.25, 0.3) is 11.1 Å². The number of carbonyl (C=O) groups excluding carboxylic acids is 2. The molecule has 2 heterocycles. The first-order valence-corrected chi connectivity index (χ1v) is 8.28. The Hall–Kier alpha value is -1.27. The third kappa shape index (κ3) is 2.87. The average Bonchev–Trinajstić information content (AvgIpc) is 3.03. The standard InChI is InChI=1S/C14H7Cl2NO2S2/c15-10-4-3-8(6-11(10)16)17-13(18)12(21-14(17)19)7-9-2-1-5-20-9/h1-7H/b12-7+. The predicted octanol–water partition coefficient (Wildman–Crippen LogP) is 5.30. The van der Waals surface area contributed by atoms with E-state index < -0.39 is 0 Å². The molecule has 2 aromatic rings. The minimum absolute atomic E-state index is 0.301. The van der Waals surface area contributed by atoms with Crippen molar-refractivity contribution >= 4 is 69.2 Å². The van der Waals surface area contributed by atoms with Crippen LogP contribution in [-0.2, 0) is 4.79 Å². The molecule has 1 fully saturated rings. The van der Waals surface area contributed by atoms with Crippen molar-refractivity contribution < 1.29 is 9.59 Å². The molecule has 1 aliphatic rings. The summed E-state index contributed by atoms with van der Waals surface area (Å²) in [6.45, 7) is 0.